The molecule has 130 valence electrons. The summed E-state index contributed by atoms with van der Waals surface area (Å²) in [6, 6.07) is 0. The molecule has 4 atom stereocenters. The molecule has 9 heteroatoms. The topological polar surface area (TPSA) is 108 Å². The zero-order valence-electron chi connectivity index (χ0n) is 13.7. The molecule has 0 saturated carbocycles. The predicted octanol–water partition coefficient (Wildman–Crippen LogP) is -0.384. The van der Waals surface area contributed by atoms with E-state index in [9.17, 15) is 19.2 Å². The molecule has 1 heterocycles. The van der Waals surface area contributed by atoms with Crippen LogP contribution >= 0.6 is 0 Å². The van der Waals surface area contributed by atoms with Crippen LogP contribution < -0.4 is 0 Å². The van der Waals surface area contributed by atoms with Gasteiger partial charge in [0, 0.05) is 34.7 Å². The van der Waals surface area contributed by atoms with E-state index in [0.717, 1.165) is 0 Å². The average Bonchev–Trinajstić information content (AvgIpc) is 2.40. The molecule has 0 unspecified atom stereocenters. The molecule has 0 aromatic rings. The maximum absolute atomic E-state index is 11.6. The monoisotopic (exact) mass is 331 g/mol. The summed E-state index contributed by atoms with van der Waals surface area (Å²) in [6.07, 6.45) is -4.12. The number of carbonyl (C=O) groups is 4. The first-order valence-corrected chi connectivity index (χ1v) is 7.00. The first-order valence-electron chi connectivity index (χ1n) is 7.00. The van der Waals surface area contributed by atoms with E-state index in [4.69, 9.17) is 18.9 Å². The second-order valence-corrected chi connectivity index (χ2v) is 5.15. The van der Waals surface area contributed by atoms with Crippen LogP contribution in [0.15, 0.2) is 0 Å². The molecule has 1 amide bonds. The van der Waals surface area contributed by atoms with Gasteiger partial charge in [-0.15, -0.1) is 0 Å². The van der Waals surface area contributed by atoms with Crippen LogP contribution in [0, 0.1) is 0 Å². The Bertz CT molecular complexity index is 491. The van der Waals surface area contributed by atoms with Crippen molar-refractivity contribution in [2.45, 2.75) is 52.2 Å². The van der Waals surface area contributed by atoms with Gasteiger partial charge in [-0.05, 0) is 0 Å². The molecule has 1 fully saturated rings. The van der Waals surface area contributed by atoms with E-state index in [1.165, 1.54) is 39.6 Å². The molecular weight excluding hydrogens is 310 g/mol. The number of hydrogen-bond acceptors (Lipinski definition) is 8. The van der Waals surface area contributed by atoms with Gasteiger partial charge in [0.1, 0.15) is 0 Å². The fourth-order valence-corrected chi connectivity index (χ4v) is 2.23. The highest BCUT2D eigenvalue weighted by atomic mass is 16.6. The third-order valence-corrected chi connectivity index (χ3v) is 3.20. The van der Waals surface area contributed by atoms with E-state index >= 15 is 0 Å². The maximum Gasteiger partial charge on any atom is 0.303 e. The Labute approximate surface area is 133 Å². The van der Waals surface area contributed by atoms with E-state index in [-0.39, 0.29) is 12.5 Å². The summed E-state index contributed by atoms with van der Waals surface area (Å²) in [6.45, 7) is 4.74. The fraction of sp³-hybridized carbons (Fsp3) is 0.714. The number of likely N-dealkylation sites (N-methyl/N-ethyl adjacent to an activating group) is 1. The zero-order valence-corrected chi connectivity index (χ0v) is 13.7. The number of esters is 3. The fourth-order valence-electron chi connectivity index (χ4n) is 2.23. The lowest BCUT2D eigenvalue weighted by molar-refractivity contribution is -0.246. The summed E-state index contributed by atoms with van der Waals surface area (Å²) in [5.41, 5.74) is 0. The van der Waals surface area contributed by atoms with Gasteiger partial charge in [0.05, 0.1) is 6.61 Å². The Morgan fingerprint density at radius 2 is 1.35 bits per heavy atom. The molecule has 1 aliphatic heterocycles. The summed E-state index contributed by atoms with van der Waals surface area (Å²) >= 11 is 0. The van der Waals surface area contributed by atoms with Crippen molar-refractivity contribution in [1.29, 1.82) is 0 Å². The third kappa shape index (κ3) is 5.20. The second kappa shape index (κ2) is 7.91. The molecule has 0 N–H and O–H groups in total. The average molecular weight is 331 g/mol. The largest absolute Gasteiger partial charge is 0.456 e. The maximum atomic E-state index is 11.6. The van der Waals surface area contributed by atoms with Gasteiger partial charge in [-0.3, -0.25) is 19.2 Å². The highest BCUT2D eigenvalue weighted by Gasteiger charge is 2.48. The molecule has 0 aliphatic carbocycles. The minimum absolute atomic E-state index is 0.114. The molecule has 9 nitrogen and oxygen atoms in total. The predicted molar refractivity (Wildman–Crippen MR) is 74.8 cm³/mol. The van der Waals surface area contributed by atoms with Crippen LogP contribution in [0.2, 0.25) is 0 Å². The minimum Gasteiger partial charge on any atom is -0.456 e. The van der Waals surface area contributed by atoms with Crippen LogP contribution in [0.3, 0.4) is 0 Å². The molecule has 0 aromatic carbocycles. The Kier molecular flexibility index (Phi) is 6.49. The van der Waals surface area contributed by atoms with Crippen molar-refractivity contribution < 1.29 is 38.1 Å². The smallest absolute Gasteiger partial charge is 0.303 e. The molecular formula is C14H21NO8. The Balaban J connectivity index is 3.13. The summed E-state index contributed by atoms with van der Waals surface area (Å²) in [7, 11) is 1.46. The van der Waals surface area contributed by atoms with Gasteiger partial charge in [-0.1, -0.05) is 0 Å². The van der Waals surface area contributed by atoms with Crippen LogP contribution in [0.25, 0.3) is 0 Å². The van der Waals surface area contributed by atoms with Gasteiger partial charge >= 0.3 is 17.9 Å². The molecule has 1 rings (SSSR count). The highest BCUT2D eigenvalue weighted by molar-refractivity contribution is 5.73. The van der Waals surface area contributed by atoms with Crippen molar-refractivity contribution in [2.24, 2.45) is 0 Å². The zero-order chi connectivity index (χ0) is 17.7. The molecule has 0 aromatic heterocycles. The Morgan fingerprint density at radius 1 is 0.870 bits per heavy atom. The number of rotatable bonds is 4. The number of hydrogen-bond donors (Lipinski definition) is 0. The minimum atomic E-state index is -1.12. The van der Waals surface area contributed by atoms with Crippen LogP contribution in [-0.2, 0) is 38.1 Å². The number of ether oxygens (including phenoxy) is 4. The van der Waals surface area contributed by atoms with Crippen molar-refractivity contribution in [3.05, 3.63) is 0 Å². The first-order chi connectivity index (χ1) is 10.6. The lowest BCUT2D eigenvalue weighted by Crippen LogP contribution is -2.62. The van der Waals surface area contributed by atoms with Gasteiger partial charge in [0.2, 0.25) is 5.91 Å². The van der Waals surface area contributed by atoms with Crippen molar-refractivity contribution in [3.8, 4) is 0 Å². The van der Waals surface area contributed by atoms with Crippen molar-refractivity contribution in [1.82, 2.24) is 4.90 Å². The van der Waals surface area contributed by atoms with Crippen LogP contribution in [0.1, 0.15) is 27.7 Å². The van der Waals surface area contributed by atoms with Crippen molar-refractivity contribution in [3.63, 3.8) is 0 Å². The highest BCUT2D eigenvalue weighted by Crippen LogP contribution is 2.26. The number of nitrogens with zero attached hydrogens (tertiary/aromatic N) is 1. The van der Waals surface area contributed by atoms with Gasteiger partial charge in [0.15, 0.2) is 24.5 Å². The van der Waals surface area contributed by atoms with E-state index in [1.54, 1.807) is 0 Å². The van der Waals surface area contributed by atoms with Gasteiger partial charge in [-0.2, -0.15) is 0 Å². The normalized spacial score (nSPS) is 26.8. The van der Waals surface area contributed by atoms with E-state index in [1.807, 2.05) is 0 Å². The first kappa shape index (κ1) is 18.9. The quantitative estimate of drug-likeness (QED) is 0.506. The summed E-state index contributed by atoms with van der Waals surface area (Å²) < 4.78 is 20.9. The van der Waals surface area contributed by atoms with E-state index < -0.39 is 42.4 Å². The van der Waals surface area contributed by atoms with Crippen molar-refractivity contribution in [2.75, 3.05) is 13.7 Å². The molecule has 0 spiro atoms. The molecule has 0 radical (unpaired) electrons. The SMILES string of the molecule is CC(=O)O[C@@H]1[C@@H](OC(C)=O)[C@H](OC(C)=O)CO[C@H]1N(C)C(C)=O. The summed E-state index contributed by atoms with van der Waals surface area (Å²) in [5.74, 6) is -2.23. The Hall–Kier alpha value is -2.16. The van der Waals surface area contributed by atoms with Crippen LogP contribution in [0.5, 0.6) is 0 Å². The van der Waals surface area contributed by atoms with Gasteiger partial charge < -0.3 is 23.8 Å². The van der Waals surface area contributed by atoms with Crippen LogP contribution in [-0.4, -0.2) is 66.9 Å². The lowest BCUT2D eigenvalue weighted by atomic mass is 10.0. The third-order valence-electron chi connectivity index (χ3n) is 3.20. The standard InChI is InChI=1S/C14H21NO8/c1-7(16)15(5)14-13(23-10(4)19)12(22-9(3)18)11(6-20-14)21-8(2)17/h11-14H,6H2,1-5H3/t11-,12+,13-,14-/m1/s1. The van der Waals surface area contributed by atoms with Crippen LogP contribution in [0.4, 0.5) is 0 Å². The molecule has 1 aliphatic rings. The molecule has 23 heavy (non-hydrogen) atoms. The van der Waals surface area contributed by atoms with Gasteiger partial charge in [0.25, 0.3) is 0 Å². The summed E-state index contributed by atoms with van der Waals surface area (Å²) in [5, 5.41) is 0. The van der Waals surface area contributed by atoms with Crippen molar-refractivity contribution >= 4 is 23.8 Å². The molecule has 0 bridgehead atoms. The second-order valence-electron chi connectivity index (χ2n) is 5.15. The summed E-state index contributed by atoms with van der Waals surface area (Å²) in [4.78, 5) is 46.7. The lowest BCUT2D eigenvalue weighted by Gasteiger charge is -2.43. The van der Waals surface area contributed by atoms with E-state index in [2.05, 4.69) is 0 Å². The Morgan fingerprint density at radius 3 is 1.78 bits per heavy atom. The number of amides is 1. The molecule has 1 saturated heterocycles. The number of carbonyl (C=O) groups excluding carboxylic acids is 4. The van der Waals surface area contributed by atoms with E-state index in [0.29, 0.717) is 0 Å². The van der Waals surface area contributed by atoms with Gasteiger partial charge in [-0.25, -0.2) is 0 Å².